The Hall–Kier alpha value is -2.63. The number of likely N-dealkylation sites (N-methyl/N-ethyl adjacent to an activating group) is 2. The third-order valence-electron chi connectivity index (χ3n) is 5.70. The molecule has 1 heterocycles. The van der Waals surface area contributed by atoms with Gasteiger partial charge in [0, 0.05) is 27.2 Å². The Morgan fingerprint density at radius 3 is 2.50 bits per heavy atom. The lowest BCUT2D eigenvalue weighted by atomic mass is 9.97. The Balaban J connectivity index is 1.69. The molecule has 0 unspecified atom stereocenters. The molecular formula is C22H29N3O3. The molecule has 0 saturated carbocycles. The molecule has 150 valence electrons. The highest BCUT2D eigenvalue weighted by Crippen LogP contribution is 2.22. The van der Waals surface area contributed by atoms with E-state index < -0.39 is 6.04 Å². The predicted octanol–water partition coefficient (Wildman–Crippen LogP) is 3.19. The van der Waals surface area contributed by atoms with Crippen molar-refractivity contribution in [2.45, 2.75) is 51.1 Å². The first-order valence-electron chi connectivity index (χ1n) is 10.0. The van der Waals surface area contributed by atoms with E-state index in [1.165, 1.54) is 30.4 Å². The van der Waals surface area contributed by atoms with E-state index in [0.29, 0.717) is 13.1 Å². The molecule has 1 aliphatic carbocycles. The third kappa shape index (κ3) is 4.61. The van der Waals surface area contributed by atoms with Gasteiger partial charge in [0.2, 0.25) is 5.91 Å². The highest BCUT2D eigenvalue weighted by Gasteiger charge is 2.42. The van der Waals surface area contributed by atoms with Crippen LogP contribution in [0.25, 0.3) is 0 Å². The summed E-state index contributed by atoms with van der Waals surface area (Å²) in [6, 6.07) is 8.82. The van der Waals surface area contributed by atoms with Crippen LogP contribution in [-0.4, -0.2) is 59.2 Å². The maximum absolute atomic E-state index is 13.1. The quantitative estimate of drug-likeness (QED) is 0.537. The first kappa shape index (κ1) is 20.1. The Bertz CT molecular complexity index is 760. The molecule has 1 aromatic carbocycles. The van der Waals surface area contributed by atoms with E-state index in [1.54, 1.807) is 7.05 Å². The topological polar surface area (TPSA) is 60.9 Å². The van der Waals surface area contributed by atoms with Crippen molar-refractivity contribution in [3.8, 4) is 0 Å². The van der Waals surface area contributed by atoms with Crippen LogP contribution in [0.15, 0.2) is 42.0 Å². The fraction of sp³-hybridized carbons (Fsp3) is 0.500. The van der Waals surface area contributed by atoms with E-state index in [1.807, 2.05) is 35.2 Å². The zero-order valence-corrected chi connectivity index (χ0v) is 16.8. The molecule has 1 saturated heterocycles. The van der Waals surface area contributed by atoms with Crippen molar-refractivity contribution in [2.24, 2.45) is 0 Å². The van der Waals surface area contributed by atoms with Crippen molar-refractivity contribution in [1.29, 1.82) is 0 Å². The molecule has 0 radical (unpaired) electrons. The van der Waals surface area contributed by atoms with Crippen LogP contribution in [0.1, 0.15) is 44.1 Å². The van der Waals surface area contributed by atoms with Gasteiger partial charge in [0.05, 0.1) is 6.42 Å². The van der Waals surface area contributed by atoms with Crippen LogP contribution in [0.3, 0.4) is 0 Å². The van der Waals surface area contributed by atoms with E-state index in [4.69, 9.17) is 0 Å². The Morgan fingerprint density at radius 1 is 1.14 bits per heavy atom. The zero-order valence-electron chi connectivity index (χ0n) is 16.8. The lowest BCUT2D eigenvalue weighted by Crippen LogP contribution is -2.40. The Kier molecular flexibility index (Phi) is 6.49. The first-order chi connectivity index (χ1) is 13.5. The maximum atomic E-state index is 13.1. The highest BCUT2D eigenvalue weighted by molar-refractivity contribution is 6.05. The number of imide groups is 1. The number of rotatable bonds is 7. The van der Waals surface area contributed by atoms with Gasteiger partial charge in [0.25, 0.3) is 5.91 Å². The first-order valence-corrected chi connectivity index (χ1v) is 10.0. The molecule has 4 amide bonds. The van der Waals surface area contributed by atoms with Crippen LogP contribution in [-0.2, 0) is 16.1 Å². The molecule has 1 aromatic rings. The van der Waals surface area contributed by atoms with Crippen molar-refractivity contribution >= 4 is 17.8 Å². The van der Waals surface area contributed by atoms with Gasteiger partial charge < -0.3 is 9.80 Å². The summed E-state index contributed by atoms with van der Waals surface area (Å²) in [5.41, 5.74) is 2.48. The van der Waals surface area contributed by atoms with Crippen molar-refractivity contribution in [3.05, 3.63) is 47.5 Å². The second-order valence-corrected chi connectivity index (χ2v) is 7.67. The molecule has 2 aliphatic rings. The number of hydrogen-bond donors (Lipinski definition) is 0. The molecule has 0 N–H and O–H groups in total. The number of nitrogens with zero attached hydrogens (tertiary/aromatic N) is 3. The van der Waals surface area contributed by atoms with Crippen molar-refractivity contribution in [2.75, 3.05) is 20.6 Å². The van der Waals surface area contributed by atoms with Gasteiger partial charge in [-0.25, -0.2) is 4.79 Å². The molecular weight excluding hydrogens is 354 g/mol. The number of allylic oxidation sites excluding steroid dienone is 1. The fourth-order valence-electron chi connectivity index (χ4n) is 3.88. The third-order valence-corrected chi connectivity index (χ3v) is 5.70. The van der Waals surface area contributed by atoms with Crippen molar-refractivity contribution in [3.63, 3.8) is 0 Å². The lowest BCUT2D eigenvalue weighted by molar-refractivity contribution is -0.136. The van der Waals surface area contributed by atoms with E-state index in [9.17, 15) is 14.4 Å². The average molecular weight is 383 g/mol. The van der Waals surface area contributed by atoms with Crippen LogP contribution < -0.4 is 0 Å². The smallest absolute Gasteiger partial charge is 0.326 e. The van der Waals surface area contributed by atoms with Crippen LogP contribution in [0.5, 0.6) is 0 Å². The van der Waals surface area contributed by atoms with Gasteiger partial charge in [-0.1, -0.05) is 42.0 Å². The summed E-state index contributed by atoms with van der Waals surface area (Å²) in [5, 5.41) is 0. The summed E-state index contributed by atoms with van der Waals surface area (Å²) in [6.45, 7) is 1.15. The monoisotopic (exact) mass is 383 g/mol. The Labute approximate surface area is 166 Å². The summed E-state index contributed by atoms with van der Waals surface area (Å²) in [6.07, 6.45) is 7.89. The standard InChI is InChI=1S/C22H29N3O3/c1-23-19(21(27)24(2)22(23)28)15-20(26)25(16-18-11-7-4-8-12-18)14-13-17-9-5-3-6-10-17/h4,7-9,11-12,19H,3,5-6,10,13-16H2,1-2H3/t19-/m0/s1. The molecule has 1 atom stereocenters. The minimum Gasteiger partial charge on any atom is -0.338 e. The fourth-order valence-corrected chi connectivity index (χ4v) is 3.88. The lowest BCUT2D eigenvalue weighted by Gasteiger charge is -2.26. The molecule has 6 nitrogen and oxygen atoms in total. The second kappa shape index (κ2) is 9.04. The van der Waals surface area contributed by atoms with Gasteiger partial charge in [0.15, 0.2) is 0 Å². The number of carbonyl (C=O) groups is 3. The molecule has 6 heteroatoms. The second-order valence-electron chi connectivity index (χ2n) is 7.67. The minimum atomic E-state index is -0.711. The summed E-state index contributed by atoms with van der Waals surface area (Å²) in [5.74, 6) is -0.399. The summed E-state index contributed by atoms with van der Waals surface area (Å²) >= 11 is 0. The summed E-state index contributed by atoms with van der Waals surface area (Å²) in [4.78, 5) is 41.7. The number of amides is 4. The molecule has 3 rings (SSSR count). The Morgan fingerprint density at radius 2 is 1.89 bits per heavy atom. The van der Waals surface area contributed by atoms with Crippen molar-refractivity contribution in [1.82, 2.24) is 14.7 Å². The number of urea groups is 1. The van der Waals surface area contributed by atoms with E-state index in [0.717, 1.165) is 29.7 Å². The van der Waals surface area contributed by atoms with E-state index in [2.05, 4.69) is 6.08 Å². The number of carbonyl (C=O) groups excluding carboxylic acids is 3. The van der Waals surface area contributed by atoms with Gasteiger partial charge in [-0.3, -0.25) is 14.5 Å². The summed E-state index contributed by atoms with van der Waals surface area (Å²) < 4.78 is 0. The van der Waals surface area contributed by atoms with Crippen LogP contribution in [0.4, 0.5) is 4.79 Å². The van der Waals surface area contributed by atoms with Gasteiger partial charge in [0.1, 0.15) is 6.04 Å². The molecule has 0 spiro atoms. The minimum absolute atomic E-state index is 0.0251. The van der Waals surface area contributed by atoms with Gasteiger partial charge >= 0.3 is 6.03 Å². The predicted molar refractivity (Wildman–Crippen MR) is 107 cm³/mol. The van der Waals surface area contributed by atoms with Crippen molar-refractivity contribution < 1.29 is 14.4 Å². The maximum Gasteiger partial charge on any atom is 0.326 e. The number of benzene rings is 1. The van der Waals surface area contributed by atoms with E-state index >= 15 is 0 Å². The molecule has 1 aliphatic heterocycles. The average Bonchev–Trinajstić information content (AvgIpc) is 2.90. The highest BCUT2D eigenvalue weighted by atomic mass is 16.2. The molecule has 1 fully saturated rings. The SMILES string of the molecule is CN1C(=O)[C@H](CC(=O)N(CCC2=CCCCC2)Cc2ccccc2)N(C)C1=O. The van der Waals surface area contributed by atoms with E-state index in [-0.39, 0.29) is 24.3 Å². The van der Waals surface area contributed by atoms with Crippen LogP contribution >= 0.6 is 0 Å². The zero-order chi connectivity index (χ0) is 20.1. The van der Waals surface area contributed by atoms with Gasteiger partial charge in [-0.2, -0.15) is 0 Å². The van der Waals surface area contributed by atoms with Gasteiger partial charge in [-0.15, -0.1) is 0 Å². The molecule has 0 bridgehead atoms. The largest absolute Gasteiger partial charge is 0.338 e. The normalized spacial score (nSPS) is 19.8. The molecule has 28 heavy (non-hydrogen) atoms. The van der Waals surface area contributed by atoms with Crippen LogP contribution in [0, 0.1) is 0 Å². The summed E-state index contributed by atoms with van der Waals surface area (Å²) in [7, 11) is 3.04. The van der Waals surface area contributed by atoms with Crippen LogP contribution in [0.2, 0.25) is 0 Å². The van der Waals surface area contributed by atoms with Gasteiger partial charge in [-0.05, 0) is 37.7 Å². The molecule has 0 aromatic heterocycles. The number of hydrogen-bond acceptors (Lipinski definition) is 3.